The fourth-order valence-corrected chi connectivity index (χ4v) is 2.77. The summed E-state index contributed by atoms with van der Waals surface area (Å²) in [5.74, 6) is 0. The van der Waals surface area contributed by atoms with Gasteiger partial charge in [0.2, 0.25) is 0 Å². The first-order chi connectivity index (χ1) is 8.75. The summed E-state index contributed by atoms with van der Waals surface area (Å²) in [6.07, 6.45) is 0. The van der Waals surface area contributed by atoms with E-state index in [0.29, 0.717) is 0 Å². The molecule has 1 aliphatic rings. The Morgan fingerprint density at radius 3 is 2.78 bits per heavy atom. The fraction of sp³-hybridized carbons (Fsp3) is 0.200. The molecule has 0 aliphatic carbocycles. The van der Waals surface area contributed by atoms with Crippen molar-refractivity contribution >= 4 is 33.0 Å². The molecule has 3 rings (SSSR count). The Morgan fingerprint density at radius 2 is 1.94 bits per heavy atom. The molecule has 3 heteroatoms. The molecule has 2 nitrogen and oxygen atoms in total. The lowest BCUT2D eigenvalue weighted by atomic mass is 10.1. The second-order valence-corrected chi connectivity index (χ2v) is 5.44. The van der Waals surface area contributed by atoms with Gasteiger partial charge in [0.25, 0.3) is 0 Å². The van der Waals surface area contributed by atoms with Gasteiger partial charge in [-0.25, -0.2) is 0 Å². The number of halogens is 1. The van der Waals surface area contributed by atoms with Crippen LogP contribution in [0.3, 0.4) is 0 Å². The summed E-state index contributed by atoms with van der Waals surface area (Å²) >= 11 is 3.55. The third-order valence-electron chi connectivity index (χ3n) is 3.31. The maximum absolute atomic E-state index is 3.55. The topological polar surface area (TPSA) is 15.3 Å². The van der Waals surface area contributed by atoms with Crippen LogP contribution in [0.4, 0.5) is 17.1 Å². The van der Waals surface area contributed by atoms with E-state index < -0.39 is 0 Å². The lowest BCUT2D eigenvalue weighted by Crippen LogP contribution is -2.30. The summed E-state index contributed by atoms with van der Waals surface area (Å²) in [5, 5.41) is 3.45. The van der Waals surface area contributed by atoms with Gasteiger partial charge in [0.05, 0.1) is 11.4 Å². The zero-order valence-electron chi connectivity index (χ0n) is 10.3. The van der Waals surface area contributed by atoms with E-state index in [4.69, 9.17) is 0 Å². The molecule has 0 atom stereocenters. The van der Waals surface area contributed by atoms with Gasteiger partial charge in [-0.15, -0.1) is 0 Å². The Morgan fingerprint density at radius 1 is 1.11 bits per heavy atom. The van der Waals surface area contributed by atoms with E-state index in [1.165, 1.54) is 22.6 Å². The predicted octanol–water partition coefficient (Wildman–Crippen LogP) is 4.32. The number of hydrogen-bond acceptors (Lipinski definition) is 2. The quantitative estimate of drug-likeness (QED) is 0.844. The molecule has 1 N–H and O–H groups in total. The Bertz CT molecular complexity index is 580. The van der Waals surface area contributed by atoms with Gasteiger partial charge in [0.15, 0.2) is 0 Å². The third kappa shape index (κ3) is 1.99. The highest BCUT2D eigenvalue weighted by Crippen LogP contribution is 2.37. The molecular formula is C15H15BrN2. The van der Waals surface area contributed by atoms with Crippen LogP contribution in [-0.2, 0) is 0 Å². The van der Waals surface area contributed by atoms with E-state index in [1.54, 1.807) is 0 Å². The van der Waals surface area contributed by atoms with Crippen LogP contribution in [0.1, 0.15) is 5.56 Å². The highest BCUT2D eigenvalue weighted by molar-refractivity contribution is 9.10. The Balaban J connectivity index is 2.11. The largest absolute Gasteiger partial charge is 0.382 e. The van der Waals surface area contributed by atoms with Crippen molar-refractivity contribution in [3.05, 3.63) is 52.5 Å². The van der Waals surface area contributed by atoms with Crippen LogP contribution in [0, 0.1) is 6.92 Å². The summed E-state index contributed by atoms with van der Waals surface area (Å²) in [6, 6.07) is 14.9. The Hall–Kier alpha value is -1.48. The van der Waals surface area contributed by atoms with Crippen LogP contribution >= 0.6 is 15.9 Å². The lowest BCUT2D eigenvalue weighted by Gasteiger charge is -2.33. The average molecular weight is 303 g/mol. The minimum Gasteiger partial charge on any atom is -0.382 e. The Labute approximate surface area is 116 Å². The molecule has 0 unspecified atom stereocenters. The number of anilines is 3. The molecule has 2 aromatic carbocycles. The van der Waals surface area contributed by atoms with Crippen LogP contribution in [0.5, 0.6) is 0 Å². The van der Waals surface area contributed by atoms with Crippen molar-refractivity contribution in [2.24, 2.45) is 0 Å². The molecule has 0 fully saturated rings. The van der Waals surface area contributed by atoms with Crippen LogP contribution in [0.2, 0.25) is 0 Å². The number of fused-ring (bicyclic) bond motifs is 1. The van der Waals surface area contributed by atoms with Crippen molar-refractivity contribution in [1.82, 2.24) is 0 Å². The van der Waals surface area contributed by atoms with Gasteiger partial charge in [-0.2, -0.15) is 0 Å². The zero-order valence-corrected chi connectivity index (χ0v) is 11.9. The first kappa shape index (κ1) is 11.6. The lowest BCUT2D eigenvalue weighted by molar-refractivity contribution is 0.922. The highest BCUT2D eigenvalue weighted by Gasteiger charge is 2.19. The number of nitrogens with zero attached hydrogens (tertiary/aromatic N) is 1. The summed E-state index contributed by atoms with van der Waals surface area (Å²) in [6.45, 7) is 4.13. The molecule has 18 heavy (non-hydrogen) atoms. The van der Waals surface area contributed by atoms with E-state index in [2.05, 4.69) is 75.5 Å². The monoisotopic (exact) mass is 302 g/mol. The van der Waals surface area contributed by atoms with Crippen molar-refractivity contribution < 1.29 is 0 Å². The van der Waals surface area contributed by atoms with Crippen LogP contribution in [-0.4, -0.2) is 13.1 Å². The van der Waals surface area contributed by atoms with Gasteiger partial charge in [-0.05, 0) is 36.8 Å². The molecule has 2 aromatic rings. The fourth-order valence-electron chi connectivity index (χ4n) is 2.42. The van der Waals surface area contributed by atoms with Crippen molar-refractivity contribution in [3.8, 4) is 0 Å². The molecule has 0 spiro atoms. The van der Waals surface area contributed by atoms with Crippen LogP contribution < -0.4 is 10.2 Å². The summed E-state index contributed by atoms with van der Waals surface area (Å²) < 4.78 is 1.11. The Kier molecular flexibility index (Phi) is 3.00. The first-order valence-corrected chi connectivity index (χ1v) is 6.91. The van der Waals surface area contributed by atoms with E-state index >= 15 is 0 Å². The molecule has 0 saturated carbocycles. The molecule has 92 valence electrons. The highest BCUT2D eigenvalue weighted by atomic mass is 79.9. The van der Waals surface area contributed by atoms with Crippen LogP contribution in [0.25, 0.3) is 0 Å². The summed E-state index contributed by atoms with van der Waals surface area (Å²) in [7, 11) is 0. The molecule has 0 saturated heterocycles. The van der Waals surface area contributed by atoms with Crippen molar-refractivity contribution in [2.45, 2.75) is 6.92 Å². The second kappa shape index (κ2) is 4.65. The smallest absolute Gasteiger partial charge is 0.0658 e. The molecular weight excluding hydrogens is 288 g/mol. The van der Waals surface area contributed by atoms with E-state index in [-0.39, 0.29) is 0 Å². The number of para-hydroxylation sites is 1. The predicted molar refractivity (Wildman–Crippen MR) is 80.8 cm³/mol. The second-order valence-electron chi connectivity index (χ2n) is 4.53. The maximum Gasteiger partial charge on any atom is 0.0658 e. The minimum atomic E-state index is 0.975. The molecule has 1 heterocycles. The van der Waals surface area contributed by atoms with Gasteiger partial charge in [-0.3, -0.25) is 0 Å². The molecule has 0 amide bonds. The average Bonchev–Trinajstić information content (AvgIpc) is 2.39. The SMILES string of the molecule is Cc1ccccc1N1CCNc2ccc(Br)cc21. The van der Waals surface area contributed by atoms with E-state index in [0.717, 1.165) is 17.6 Å². The van der Waals surface area contributed by atoms with Crippen LogP contribution in [0.15, 0.2) is 46.9 Å². The van der Waals surface area contributed by atoms with Crippen molar-refractivity contribution in [2.75, 3.05) is 23.3 Å². The zero-order chi connectivity index (χ0) is 12.5. The van der Waals surface area contributed by atoms with Crippen molar-refractivity contribution in [3.63, 3.8) is 0 Å². The summed E-state index contributed by atoms with van der Waals surface area (Å²) in [4.78, 5) is 2.38. The standard InChI is InChI=1S/C15H15BrN2/c1-11-4-2-3-5-14(11)18-9-8-17-13-7-6-12(16)10-15(13)18/h2-7,10,17H,8-9H2,1H3. The third-order valence-corrected chi connectivity index (χ3v) is 3.80. The molecule has 0 radical (unpaired) electrons. The minimum absolute atomic E-state index is 0.975. The summed E-state index contributed by atoms with van der Waals surface area (Å²) in [5.41, 5.74) is 5.04. The number of benzene rings is 2. The van der Waals surface area contributed by atoms with Crippen molar-refractivity contribution in [1.29, 1.82) is 0 Å². The number of rotatable bonds is 1. The van der Waals surface area contributed by atoms with Gasteiger partial charge in [-0.1, -0.05) is 34.1 Å². The number of aryl methyl sites for hydroxylation is 1. The van der Waals surface area contributed by atoms with E-state index in [9.17, 15) is 0 Å². The van der Waals surface area contributed by atoms with Gasteiger partial charge in [0, 0.05) is 23.2 Å². The number of nitrogens with one attached hydrogen (secondary N) is 1. The molecule has 0 bridgehead atoms. The number of hydrogen-bond donors (Lipinski definition) is 1. The van der Waals surface area contributed by atoms with Gasteiger partial charge >= 0.3 is 0 Å². The van der Waals surface area contributed by atoms with Gasteiger partial charge in [0.1, 0.15) is 0 Å². The molecule has 0 aromatic heterocycles. The van der Waals surface area contributed by atoms with Gasteiger partial charge < -0.3 is 10.2 Å². The van der Waals surface area contributed by atoms with E-state index in [1.807, 2.05) is 0 Å². The first-order valence-electron chi connectivity index (χ1n) is 6.12. The maximum atomic E-state index is 3.55. The normalized spacial score (nSPS) is 14.0. The molecule has 1 aliphatic heterocycles.